The van der Waals surface area contributed by atoms with E-state index in [1.165, 1.54) is 0 Å². The molecule has 32 heavy (non-hydrogen) atoms. The number of anilines is 1. The number of aliphatic hydroxyl groups is 1. The Balaban J connectivity index is 1.25. The molecule has 4 heterocycles. The van der Waals surface area contributed by atoms with Crippen LogP contribution in [0.2, 0.25) is 0 Å². The van der Waals surface area contributed by atoms with E-state index < -0.39 is 5.60 Å². The molecule has 7 heteroatoms. The number of aryl methyl sites for hydroxylation is 2. The molecule has 7 nitrogen and oxygen atoms in total. The molecule has 2 N–H and O–H groups in total. The van der Waals surface area contributed by atoms with Crippen molar-refractivity contribution in [1.82, 2.24) is 9.88 Å². The van der Waals surface area contributed by atoms with Crippen LogP contribution >= 0.6 is 0 Å². The topological polar surface area (TPSA) is 95.7 Å². The van der Waals surface area contributed by atoms with Gasteiger partial charge in [0.25, 0.3) is 0 Å². The normalized spacial score (nSPS) is 18.1. The molecule has 0 saturated carbocycles. The molecule has 3 aromatic rings. The predicted molar refractivity (Wildman–Crippen MR) is 121 cm³/mol. The molecule has 0 radical (unpaired) electrons. The average molecular weight is 431 g/mol. The van der Waals surface area contributed by atoms with E-state index in [1.807, 2.05) is 37.3 Å². The van der Waals surface area contributed by atoms with Gasteiger partial charge in [0.05, 0.1) is 0 Å². The zero-order valence-corrected chi connectivity index (χ0v) is 17.9. The quantitative estimate of drug-likeness (QED) is 0.619. The van der Waals surface area contributed by atoms with E-state index in [9.17, 15) is 14.7 Å². The third-order valence-electron chi connectivity index (χ3n) is 6.45. The van der Waals surface area contributed by atoms with Gasteiger partial charge in [0.2, 0.25) is 11.8 Å². The van der Waals surface area contributed by atoms with E-state index in [4.69, 9.17) is 4.42 Å². The summed E-state index contributed by atoms with van der Waals surface area (Å²) in [6.07, 6.45) is 6.88. The largest absolute Gasteiger partial charge is 0.458 e. The first-order valence-electron chi connectivity index (χ1n) is 10.9. The summed E-state index contributed by atoms with van der Waals surface area (Å²) in [5, 5.41) is 15.0. The average Bonchev–Trinajstić information content (AvgIpc) is 3.15. The molecular weight excluding hydrogens is 406 g/mol. The van der Waals surface area contributed by atoms with E-state index in [0.717, 1.165) is 27.7 Å². The first-order chi connectivity index (χ1) is 15.4. The third-order valence-corrected chi connectivity index (χ3v) is 6.45. The second kappa shape index (κ2) is 7.91. The van der Waals surface area contributed by atoms with Crippen LogP contribution in [0.5, 0.6) is 0 Å². The molecule has 0 atom stereocenters. The van der Waals surface area contributed by atoms with Crippen LogP contribution in [0.15, 0.2) is 47.0 Å². The molecule has 1 saturated heterocycles. The minimum atomic E-state index is -1.07. The van der Waals surface area contributed by atoms with E-state index in [1.54, 1.807) is 23.2 Å². The number of nitrogens with zero attached hydrogens (tertiary/aromatic N) is 2. The van der Waals surface area contributed by atoms with Gasteiger partial charge >= 0.3 is 0 Å². The van der Waals surface area contributed by atoms with Crippen molar-refractivity contribution in [2.45, 2.75) is 38.2 Å². The van der Waals surface area contributed by atoms with Crippen molar-refractivity contribution >= 4 is 34.7 Å². The Labute approximate surface area is 185 Å². The second-order valence-corrected chi connectivity index (χ2v) is 8.57. The molecule has 164 valence electrons. The molecule has 1 aromatic carbocycles. The molecule has 0 bridgehead atoms. The molecule has 0 aliphatic carbocycles. The van der Waals surface area contributed by atoms with Gasteiger partial charge in [-0.15, -0.1) is 0 Å². The van der Waals surface area contributed by atoms with Gasteiger partial charge in [-0.3, -0.25) is 9.59 Å². The Hall–Kier alpha value is -3.45. The second-order valence-electron chi connectivity index (χ2n) is 8.57. The molecular formula is C25H25N3O4. The number of fused-ring (bicyclic) bond motifs is 2. The summed E-state index contributed by atoms with van der Waals surface area (Å²) >= 11 is 0. The molecule has 0 unspecified atom stereocenters. The van der Waals surface area contributed by atoms with Crippen LogP contribution in [0.3, 0.4) is 0 Å². The number of carbonyl (C=O) groups is 2. The lowest BCUT2D eigenvalue weighted by Crippen LogP contribution is -2.44. The van der Waals surface area contributed by atoms with Gasteiger partial charge in [-0.25, -0.2) is 4.98 Å². The fourth-order valence-corrected chi connectivity index (χ4v) is 4.58. The minimum absolute atomic E-state index is 0.0219. The SMILES string of the molecule is Cc1c(C2(O)CCN(C(=O)C=Cc3cnc4c(c3)CCC(=O)N4)CC2)oc2ccccc12. The fourth-order valence-electron chi connectivity index (χ4n) is 4.58. The summed E-state index contributed by atoms with van der Waals surface area (Å²) in [6.45, 7) is 2.87. The number of pyridine rings is 1. The highest BCUT2D eigenvalue weighted by Gasteiger charge is 2.39. The number of para-hydroxylation sites is 1. The van der Waals surface area contributed by atoms with Gasteiger partial charge in [-0.1, -0.05) is 18.2 Å². The first-order valence-corrected chi connectivity index (χ1v) is 10.9. The Morgan fingerprint density at radius 3 is 2.81 bits per heavy atom. The van der Waals surface area contributed by atoms with Gasteiger partial charge < -0.3 is 19.7 Å². The number of benzene rings is 1. The number of hydrogen-bond acceptors (Lipinski definition) is 5. The number of piperidine rings is 1. The number of amides is 2. The molecule has 2 aliphatic heterocycles. The van der Waals surface area contributed by atoms with Gasteiger partial charge in [-0.2, -0.15) is 0 Å². The standard InChI is InChI=1S/C25H25N3O4/c1-16-19-4-2-3-5-20(19)32-23(16)25(31)10-12-28(13-11-25)22(30)9-6-17-14-18-7-8-21(29)27-24(18)26-15-17/h2-6,9,14-15,31H,7-8,10-13H2,1H3,(H,26,27,29). The van der Waals surface area contributed by atoms with Crippen molar-refractivity contribution in [2.24, 2.45) is 0 Å². The lowest BCUT2D eigenvalue weighted by molar-refractivity contribution is -0.131. The maximum Gasteiger partial charge on any atom is 0.246 e. The number of rotatable bonds is 3. The number of hydrogen-bond donors (Lipinski definition) is 2. The molecule has 1 fully saturated rings. The molecule has 5 rings (SSSR count). The van der Waals surface area contributed by atoms with Crippen molar-refractivity contribution in [2.75, 3.05) is 18.4 Å². The molecule has 2 amide bonds. The van der Waals surface area contributed by atoms with Crippen molar-refractivity contribution in [3.63, 3.8) is 0 Å². The number of likely N-dealkylation sites (tertiary alicyclic amines) is 1. The van der Waals surface area contributed by atoms with Gasteiger partial charge in [0.1, 0.15) is 22.8 Å². The van der Waals surface area contributed by atoms with Crippen molar-refractivity contribution in [1.29, 1.82) is 0 Å². The monoisotopic (exact) mass is 431 g/mol. The summed E-state index contributed by atoms with van der Waals surface area (Å²) in [7, 11) is 0. The Morgan fingerprint density at radius 1 is 1.25 bits per heavy atom. The number of nitrogens with one attached hydrogen (secondary N) is 1. The van der Waals surface area contributed by atoms with Gasteiger partial charge in [-0.05, 0) is 42.7 Å². The maximum atomic E-state index is 12.7. The maximum absolute atomic E-state index is 12.7. The molecule has 0 spiro atoms. The lowest BCUT2D eigenvalue weighted by atomic mass is 9.86. The molecule has 2 aromatic heterocycles. The number of carbonyl (C=O) groups excluding carboxylic acids is 2. The Kier molecular flexibility index (Phi) is 5.06. The van der Waals surface area contributed by atoms with Crippen molar-refractivity contribution in [3.8, 4) is 0 Å². The number of aromatic nitrogens is 1. The third kappa shape index (κ3) is 3.69. The highest BCUT2D eigenvalue weighted by atomic mass is 16.4. The predicted octanol–water partition coefficient (Wildman–Crippen LogP) is 3.54. The smallest absolute Gasteiger partial charge is 0.246 e. The Morgan fingerprint density at radius 2 is 2.03 bits per heavy atom. The zero-order valence-electron chi connectivity index (χ0n) is 17.9. The molecule has 2 aliphatic rings. The van der Waals surface area contributed by atoms with Crippen LogP contribution in [0.25, 0.3) is 17.0 Å². The highest BCUT2D eigenvalue weighted by Crippen LogP contribution is 2.39. The van der Waals surface area contributed by atoms with Gasteiger partial charge in [0.15, 0.2) is 0 Å². The van der Waals surface area contributed by atoms with E-state index in [-0.39, 0.29) is 11.8 Å². The van der Waals surface area contributed by atoms with Gasteiger partial charge in [0, 0.05) is 55.6 Å². The Bertz CT molecular complexity index is 1240. The van der Waals surface area contributed by atoms with E-state index >= 15 is 0 Å². The minimum Gasteiger partial charge on any atom is -0.458 e. The summed E-state index contributed by atoms with van der Waals surface area (Å²) < 4.78 is 5.99. The van der Waals surface area contributed by atoms with E-state index in [0.29, 0.717) is 50.4 Å². The number of furan rings is 1. The van der Waals surface area contributed by atoms with Crippen LogP contribution in [0, 0.1) is 6.92 Å². The van der Waals surface area contributed by atoms with Crippen molar-refractivity contribution < 1.29 is 19.1 Å². The van der Waals surface area contributed by atoms with Crippen LogP contribution in [0.1, 0.15) is 41.7 Å². The highest BCUT2D eigenvalue weighted by molar-refractivity contribution is 5.94. The van der Waals surface area contributed by atoms with E-state index in [2.05, 4.69) is 10.3 Å². The van der Waals surface area contributed by atoms with Crippen LogP contribution in [-0.4, -0.2) is 39.9 Å². The van der Waals surface area contributed by atoms with Crippen LogP contribution in [-0.2, 0) is 21.6 Å². The first kappa shape index (κ1) is 20.5. The summed E-state index contributed by atoms with van der Waals surface area (Å²) in [5.74, 6) is 1.08. The summed E-state index contributed by atoms with van der Waals surface area (Å²) in [4.78, 5) is 30.2. The summed E-state index contributed by atoms with van der Waals surface area (Å²) in [6, 6.07) is 9.72. The fraction of sp³-hybridized carbons (Fsp3) is 0.320. The van der Waals surface area contributed by atoms with Crippen LogP contribution < -0.4 is 5.32 Å². The van der Waals surface area contributed by atoms with Crippen molar-refractivity contribution in [3.05, 3.63) is 65.1 Å². The van der Waals surface area contributed by atoms with Crippen LogP contribution in [0.4, 0.5) is 5.82 Å². The summed E-state index contributed by atoms with van der Waals surface area (Å²) in [5.41, 5.74) is 2.45. The zero-order chi connectivity index (χ0) is 22.3. The lowest BCUT2D eigenvalue weighted by Gasteiger charge is -2.37.